The lowest BCUT2D eigenvalue weighted by molar-refractivity contribution is -0.139. The lowest BCUT2D eigenvalue weighted by Gasteiger charge is -2.15. The minimum absolute atomic E-state index is 0.0403. The summed E-state index contributed by atoms with van der Waals surface area (Å²) >= 11 is 1.34. The summed E-state index contributed by atoms with van der Waals surface area (Å²) in [7, 11) is 2.81. The van der Waals surface area contributed by atoms with Crippen molar-refractivity contribution in [3.63, 3.8) is 0 Å². The highest BCUT2D eigenvalue weighted by atomic mass is 32.1. The van der Waals surface area contributed by atoms with Gasteiger partial charge in [-0.1, -0.05) is 18.2 Å². The van der Waals surface area contributed by atoms with E-state index in [9.17, 15) is 9.18 Å². The molecule has 0 bridgehead atoms. The number of halogens is 1. The molecule has 0 unspecified atom stereocenters. The molecule has 0 aliphatic rings. The van der Waals surface area contributed by atoms with E-state index >= 15 is 0 Å². The second-order valence-corrected chi connectivity index (χ2v) is 7.72. The number of methoxy groups -OCH3 is 2. The number of esters is 1. The number of para-hydroxylation sites is 1. The number of ether oxygens (including phenoxy) is 2. The van der Waals surface area contributed by atoms with Crippen LogP contribution in [0.4, 0.5) is 21.6 Å². The molecular weight excluding hydrogens is 419 g/mol. The van der Waals surface area contributed by atoms with Gasteiger partial charge >= 0.3 is 5.97 Å². The average Bonchev–Trinajstić information content (AvgIpc) is 3.30. The van der Waals surface area contributed by atoms with Gasteiger partial charge in [-0.2, -0.15) is 0 Å². The molecule has 0 amide bonds. The van der Waals surface area contributed by atoms with E-state index in [4.69, 9.17) is 15.2 Å². The smallest absolute Gasteiger partial charge is 0.311 e. The standard InChI is InChI=1S/C22H21FN4O3S/c1-12-6-4-8-15(24)19(12)25-21-20(18-14(23)7-5-9-16(18)29-2)26-22-27(21)13(11-31-22)10-17(28)30-3/h4-9,11,25H,10,24H2,1-3H3. The molecule has 4 rings (SSSR count). The Balaban J connectivity index is 1.99. The largest absolute Gasteiger partial charge is 0.496 e. The van der Waals surface area contributed by atoms with Crippen LogP contribution in [0.25, 0.3) is 16.2 Å². The summed E-state index contributed by atoms with van der Waals surface area (Å²) in [4.78, 5) is 17.2. The number of aromatic nitrogens is 2. The van der Waals surface area contributed by atoms with Gasteiger partial charge in [0.15, 0.2) is 4.96 Å². The minimum atomic E-state index is -0.472. The summed E-state index contributed by atoms with van der Waals surface area (Å²) in [6.45, 7) is 1.92. The van der Waals surface area contributed by atoms with Crippen molar-refractivity contribution < 1.29 is 18.7 Å². The maximum atomic E-state index is 14.9. The molecule has 0 spiro atoms. The van der Waals surface area contributed by atoms with Gasteiger partial charge in [0.1, 0.15) is 23.1 Å². The van der Waals surface area contributed by atoms with E-state index in [1.807, 2.05) is 24.4 Å². The third kappa shape index (κ3) is 3.68. The molecule has 0 aliphatic heterocycles. The SMILES string of the molecule is COC(=O)Cc1csc2nc(-c3c(F)cccc3OC)c(Nc3c(C)cccc3N)n12. The van der Waals surface area contributed by atoms with E-state index < -0.39 is 5.82 Å². The van der Waals surface area contributed by atoms with Crippen LogP contribution in [0.3, 0.4) is 0 Å². The molecule has 2 aromatic heterocycles. The molecule has 3 N–H and O–H groups in total. The van der Waals surface area contributed by atoms with E-state index in [-0.39, 0.29) is 18.0 Å². The number of aryl methyl sites for hydroxylation is 1. The number of carbonyl (C=O) groups is 1. The number of nitrogens with two attached hydrogens (primary N) is 1. The van der Waals surface area contributed by atoms with Gasteiger partial charge in [-0.05, 0) is 30.7 Å². The highest BCUT2D eigenvalue weighted by Gasteiger charge is 2.25. The number of carbonyl (C=O) groups excluding carboxylic acids is 1. The number of nitrogens with zero attached hydrogens (tertiary/aromatic N) is 2. The molecule has 9 heteroatoms. The molecule has 0 fully saturated rings. The maximum absolute atomic E-state index is 14.9. The second kappa shape index (κ2) is 8.27. The first-order valence-corrected chi connectivity index (χ1v) is 10.3. The van der Waals surface area contributed by atoms with Gasteiger partial charge in [0.25, 0.3) is 0 Å². The Bertz CT molecular complexity index is 1260. The molecule has 0 aliphatic carbocycles. The summed E-state index contributed by atoms with van der Waals surface area (Å²) in [6, 6.07) is 10.2. The number of imidazole rings is 1. The number of hydrogen-bond acceptors (Lipinski definition) is 7. The van der Waals surface area contributed by atoms with E-state index in [0.717, 1.165) is 5.56 Å². The van der Waals surface area contributed by atoms with Crippen LogP contribution in [0.2, 0.25) is 0 Å². The van der Waals surface area contributed by atoms with Crippen LogP contribution in [0.5, 0.6) is 5.75 Å². The van der Waals surface area contributed by atoms with E-state index in [0.29, 0.717) is 39.3 Å². The zero-order valence-corrected chi connectivity index (χ0v) is 18.0. The van der Waals surface area contributed by atoms with E-state index in [1.165, 1.54) is 31.6 Å². The van der Waals surface area contributed by atoms with E-state index in [2.05, 4.69) is 10.3 Å². The van der Waals surface area contributed by atoms with Crippen molar-refractivity contribution >= 4 is 39.5 Å². The Morgan fingerprint density at radius 2 is 2.03 bits per heavy atom. The number of hydrogen-bond donors (Lipinski definition) is 2. The molecule has 0 saturated carbocycles. The number of nitrogen functional groups attached to an aromatic ring is 1. The van der Waals surface area contributed by atoms with Crippen LogP contribution in [0.1, 0.15) is 11.3 Å². The molecule has 7 nitrogen and oxygen atoms in total. The van der Waals surface area contributed by atoms with Crippen molar-refractivity contribution in [1.82, 2.24) is 9.38 Å². The Morgan fingerprint density at radius 3 is 2.74 bits per heavy atom. The summed E-state index contributed by atoms with van der Waals surface area (Å²) in [5.41, 5.74) is 9.57. The third-order valence-corrected chi connectivity index (χ3v) is 5.84. The van der Waals surface area contributed by atoms with Gasteiger partial charge in [0.05, 0.1) is 37.6 Å². The zero-order valence-electron chi connectivity index (χ0n) is 17.2. The second-order valence-electron chi connectivity index (χ2n) is 6.89. The van der Waals surface area contributed by atoms with Crippen LogP contribution in [-0.2, 0) is 16.0 Å². The molecular formula is C22H21FN4O3S. The van der Waals surface area contributed by atoms with Crippen molar-refractivity contribution in [2.24, 2.45) is 0 Å². The molecule has 31 heavy (non-hydrogen) atoms. The molecule has 0 saturated heterocycles. The van der Waals surface area contributed by atoms with Gasteiger partial charge < -0.3 is 20.5 Å². The van der Waals surface area contributed by atoms with Crippen molar-refractivity contribution in [2.45, 2.75) is 13.3 Å². The molecule has 160 valence electrons. The number of nitrogens with one attached hydrogen (secondary N) is 1. The average molecular weight is 441 g/mol. The first kappa shape index (κ1) is 20.7. The number of rotatable bonds is 6. The first-order valence-electron chi connectivity index (χ1n) is 9.45. The lowest BCUT2D eigenvalue weighted by Crippen LogP contribution is -2.08. The maximum Gasteiger partial charge on any atom is 0.311 e. The Morgan fingerprint density at radius 1 is 1.26 bits per heavy atom. The molecule has 0 atom stereocenters. The highest BCUT2D eigenvalue weighted by molar-refractivity contribution is 7.15. The fourth-order valence-electron chi connectivity index (χ4n) is 3.43. The minimum Gasteiger partial charge on any atom is -0.496 e. The fraction of sp³-hybridized carbons (Fsp3) is 0.182. The summed E-state index contributed by atoms with van der Waals surface area (Å²) < 4.78 is 27.0. The van der Waals surface area contributed by atoms with Gasteiger partial charge in [-0.15, -0.1) is 11.3 Å². The summed E-state index contributed by atoms with van der Waals surface area (Å²) in [6.07, 6.45) is 0.0403. The Hall–Kier alpha value is -3.59. The molecule has 4 aromatic rings. The topological polar surface area (TPSA) is 90.9 Å². The predicted molar refractivity (Wildman–Crippen MR) is 120 cm³/mol. The van der Waals surface area contributed by atoms with Crippen molar-refractivity contribution in [1.29, 1.82) is 0 Å². The Labute approximate surface area is 182 Å². The molecule has 2 aromatic carbocycles. The summed E-state index contributed by atoms with van der Waals surface area (Å²) in [5.74, 6) is -0.0270. The van der Waals surface area contributed by atoms with Crippen molar-refractivity contribution in [3.05, 3.63) is 58.9 Å². The van der Waals surface area contributed by atoms with Gasteiger partial charge in [-0.25, -0.2) is 9.37 Å². The monoisotopic (exact) mass is 440 g/mol. The zero-order chi connectivity index (χ0) is 22.1. The van der Waals surface area contributed by atoms with Crippen molar-refractivity contribution in [2.75, 3.05) is 25.3 Å². The molecule has 2 heterocycles. The number of thiazole rings is 1. The van der Waals surface area contributed by atoms with Gasteiger partial charge in [-0.3, -0.25) is 9.20 Å². The molecule has 0 radical (unpaired) electrons. The van der Waals surface area contributed by atoms with Crippen LogP contribution >= 0.6 is 11.3 Å². The van der Waals surface area contributed by atoms with Gasteiger partial charge in [0, 0.05) is 11.1 Å². The number of anilines is 3. The van der Waals surface area contributed by atoms with Crippen molar-refractivity contribution in [3.8, 4) is 17.0 Å². The van der Waals surface area contributed by atoms with Crippen LogP contribution in [0, 0.1) is 12.7 Å². The summed E-state index contributed by atoms with van der Waals surface area (Å²) in [5, 5.41) is 5.16. The predicted octanol–water partition coefficient (Wildman–Crippen LogP) is 4.56. The fourth-order valence-corrected chi connectivity index (χ4v) is 4.32. The van der Waals surface area contributed by atoms with Gasteiger partial charge in [0.2, 0.25) is 0 Å². The third-order valence-electron chi connectivity index (χ3n) is 4.97. The normalized spacial score (nSPS) is 11.0. The van der Waals surface area contributed by atoms with Crippen LogP contribution < -0.4 is 15.8 Å². The lowest BCUT2D eigenvalue weighted by atomic mass is 10.1. The van der Waals surface area contributed by atoms with Crippen LogP contribution in [-0.4, -0.2) is 29.6 Å². The first-order chi connectivity index (χ1) is 14.9. The quantitative estimate of drug-likeness (QED) is 0.337. The number of benzene rings is 2. The Kier molecular flexibility index (Phi) is 5.51. The van der Waals surface area contributed by atoms with Crippen LogP contribution in [0.15, 0.2) is 41.8 Å². The van der Waals surface area contributed by atoms with E-state index in [1.54, 1.807) is 22.6 Å². The highest BCUT2D eigenvalue weighted by Crippen LogP contribution is 2.41. The number of fused-ring (bicyclic) bond motifs is 1.